The third-order valence-electron chi connectivity index (χ3n) is 4.66. The lowest BCUT2D eigenvalue weighted by Gasteiger charge is -2.32. The van der Waals surface area contributed by atoms with Gasteiger partial charge < -0.3 is 18.9 Å². The Morgan fingerprint density at radius 2 is 2.15 bits per heavy atom. The maximum atomic E-state index is 13.1. The van der Waals surface area contributed by atoms with Gasteiger partial charge in [-0.1, -0.05) is 6.07 Å². The Morgan fingerprint density at radius 1 is 1.35 bits per heavy atom. The fourth-order valence-electron chi connectivity index (χ4n) is 3.24. The van der Waals surface area contributed by atoms with Crippen LogP contribution in [0.25, 0.3) is 0 Å². The number of carbonyl (C=O) groups excluding carboxylic acids is 1. The summed E-state index contributed by atoms with van der Waals surface area (Å²) in [7, 11) is 1.69. The summed E-state index contributed by atoms with van der Waals surface area (Å²) in [6, 6.07) is 5.82. The van der Waals surface area contributed by atoms with Gasteiger partial charge in [-0.25, -0.2) is 9.37 Å². The maximum Gasteiger partial charge on any atom is 0.260 e. The van der Waals surface area contributed by atoms with Crippen LogP contribution in [-0.2, 0) is 16.1 Å². The summed E-state index contributed by atoms with van der Waals surface area (Å²) >= 11 is 0. The van der Waals surface area contributed by atoms with Crippen LogP contribution < -0.4 is 4.74 Å². The zero-order valence-corrected chi connectivity index (χ0v) is 14.9. The van der Waals surface area contributed by atoms with Crippen LogP contribution in [0.1, 0.15) is 24.6 Å². The number of imidazole rings is 1. The summed E-state index contributed by atoms with van der Waals surface area (Å²) < 4.78 is 25.8. The van der Waals surface area contributed by atoms with E-state index < -0.39 is 0 Å². The highest BCUT2D eigenvalue weighted by molar-refractivity contribution is 5.77. The van der Waals surface area contributed by atoms with E-state index in [0.717, 1.165) is 25.2 Å². The van der Waals surface area contributed by atoms with Crippen LogP contribution >= 0.6 is 0 Å². The van der Waals surface area contributed by atoms with E-state index in [2.05, 4.69) is 9.55 Å². The minimum Gasteiger partial charge on any atom is -0.484 e. The molecule has 0 N–H and O–H groups in total. The Morgan fingerprint density at radius 3 is 2.88 bits per heavy atom. The van der Waals surface area contributed by atoms with Crippen LogP contribution in [0.2, 0.25) is 0 Å². The number of carbonyl (C=O) groups is 1. The standard InChI is InChI=1S/C19H24FN3O3/c1-25-12-11-23-10-7-21-19(23)15-5-8-22(9-6-15)18(24)14-26-17-4-2-3-16(20)13-17/h2-4,7,10,13,15H,5-6,8-9,11-12,14H2,1H3. The highest BCUT2D eigenvalue weighted by Crippen LogP contribution is 2.27. The third-order valence-corrected chi connectivity index (χ3v) is 4.66. The van der Waals surface area contributed by atoms with Crippen LogP contribution in [0.5, 0.6) is 5.75 Å². The number of rotatable bonds is 7. The van der Waals surface area contributed by atoms with Gasteiger partial charge in [0.1, 0.15) is 17.4 Å². The smallest absolute Gasteiger partial charge is 0.260 e. The fraction of sp³-hybridized carbons (Fsp3) is 0.474. The number of nitrogens with zero attached hydrogens (tertiary/aromatic N) is 3. The monoisotopic (exact) mass is 361 g/mol. The van der Waals surface area contributed by atoms with E-state index in [1.54, 1.807) is 24.1 Å². The topological polar surface area (TPSA) is 56.6 Å². The van der Waals surface area contributed by atoms with Gasteiger partial charge in [0.25, 0.3) is 5.91 Å². The molecule has 2 heterocycles. The van der Waals surface area contributed by atoms with Gasteiger partial charge in [-0.2, -0.15) is 0 Å². The molecule has 140 valence electrons. The number of piperidine rings is 1. The number of methoxy groups -OCH3 is 1. The number of hydrogen-bond acceptors (Lipinski definition) is 4. The molecule has 1 aliphatic heterocycles. The number of aromatic nitrogens is 2. The number of likely N-dealkylation sites (tertiary alicyclic amines) is 1. The first kappa shape index (κ1) is 18.4. The van der Waals surface area contributed by atoms with Crippen molar-refractivity contribution < 1.29 is 18.7 Å². The Balaban J connectivity index is 1.49. The molecule has 0 spiro atoms. The summed E-state index contributed by atoms with van der Waals surface area (Å²) in [4.78, 5) is 18.6. The summed E-state index contributed by atoms with van der Waals surface area (Å²) in [5.74, 6) is 1.32. The van der Waals surface area contributed by atoms with Crippen molar-refractivity contribution in [2.45, 2.75) is 25.3 Å². The van der Waals surface area contributed by atoms with Gasteiger partial charge in [-0.15, -0.1) is 0 Å². The third kappa shape index (κ3) is 4.60. The highest BCUT2D eigenvalue weighted by Gasteiger charge is 2.26. The first-order valence-corrected chi connectivity index (χ1v) is 8.83. The molecule has 3 rings (SSSR count). The van der Waals surface area contributed by atoms with Crippen molar-refractivity contribution in [1.29, 1.82) is 0 Å². The van der Waals surface area contributed by atoms with Crippen molar-refractivity contribution in [1.82, 2.24) is 14.5 Å². The molecule has 7 heteroatoms. The number of hydrogen-bond donors (Lipinski definition) is 0. The van der Waals surface area contributed by atoms with E-state index >= 15 is 0 Å². The number of halogens is 1. The molecule has 1 aromatic carbocycles. The molecular formula is C19H24FN3O3. The van der Waals surface area contributed by atoms with Crippen molar-refractivity contribution in [2.75, 3.05) is 33.4 Å². The second kappa shape index (κ2) is 8.80. The van der Waals surface area contributed by atoms with E-state index in [-0.39, 0.29) is 18.3 Å². The number of ether oxygens (including phenoxy) is 2. The van der Waals surface area contributed by atoms with Crippen molar-refractivity contribution >= 4 is 5.91 Å². The Labute approximate surface area is 152 Å². The predicted octanol–water partition coefficient (Wildman–Crippen LogP) is 2.45. The van der Waals surface area contributed by atoms with Gasteiger partial charge in [0.05, 0.1) is 6.61 Å². The first-order valence-electron chi connectivity index (χ1n) is 8.83. The molecule has 1 aliphatic rings. The molecule has 0 atom stereocenters. The van der Waals surface area contributed by atoms with E-state index in [1.165, 1.54) is 12.1 Å². The minimum atomic E-state index is -0.375. The average molecular weight is 361 g/mol. The largest absolute Gasteiger partial charge is 0.484 e. The second-order valence-corrected chi connectivity index (χ2v) is 6.37. The lowest BCUT2D eigenvalue weighted by molar-refractivity contribution is -0.134. The Bertz CT molecular complexity index is 726. The van der Waals surface area contributed by atoms with Gasteiger partial charge in [0, 0.05) is 51.1 Å². The van der Waals surface area contributed by atoms with Crippen molar-refractivity contribution in [2.24, 2.45) is 0 Å². The van der Waals surface area contributed by atoms with Crippen LogP contribution in [0.4, 0.5) is 4.39 Å². The predicted molar refractivity (Wildman–Crippen MR) is 94.6 cm³/mol. The number of amides is 1. The summed E-state index contributed by atoms with van der Waals surface area (Å²) in [5, 5.41) is 0. The van der Waals surface area contributed by atoms with E-state index in [1.807, 2.05) is 12.4 Å². The molecule has 0 saturated carbocycles. The Kier molecular flexibility index (Phi) is 6.22. The summed E-state index contributed by atoms with van der Waals surface area (Å²) in [6.45, 7) is 2.71. The molecular weight excluding hydrogens is 337 g/mol. The van der Waals surface area contributed by atoms with Crippen molar-refractivity contribution in [3.05, 3.63) is 48.3 Å². The van der Waals surface area contributed by atoms with Crippen molar-refractivity contribution in [3.63, 3.8) is 0 Å². The van der Waals surface area contributed by atoms with Gasteiger partial charge in [-0.3, -0.25) is 4.79 Å². The summed E-state index contributed by atoms with van der Waals surface area (Å²) in [5.41, 5.74) is 0. The zero-order chi connectivity index (χ0) is 18.4. The highest BCUT2D eigenvalue weighted by atomic mass is 19.1. The van der Waals surface area contributed by atoms with Crippen LogP contribution in [0.15, 0.2) is 36.7 Å². The second-order valence-electron chi connectivity index (χ2n) is 6.37. The quantitative estimate of drug-likeness (QED) is 0.760. The van der Waals surface area contributed by atoms with Crippen LogP contribution in [0.3, 0.4) is 0 Å². The SMILES string of the molecule is COCCn1ccnc1C1CCN(C(=O)COc2cccc(F)c2)CC1. The molecule has 1 amide bonds. The molecule has 1 saturated heterocycles. The molecule has 1 aromatic heterocycles. The van der Waals surface area contributed by atoms with Gasteiger partial charge >= 0.3 is 0 Å². The van der Waals surface area contributed by atoms with Crippen molar-refractivity contribution in [3.8, 4) is 5.75 Å². The first-order chi connectivity index (χ1) is 12.7. The zero-order valence-electron chi connectivity index (χ0n) is 14.9. The van der Waals surface area contributed by atoms with Gasteiger partial charge in [0.2, 0.25) is 0 Å². The lowest BCUT2D eigenvalue weighted by Crippen LogP contribution is -2.40. The molecule has 26 heavy (non-hydrogen) atoms. The minimum absolute atomic E-state index is 0.0728. The lowest BCUT2D eigenvalue weighted by atomic mass is 9.96. The molecule has 0 radical (unpaired) electrons. The van der Waals surface area contributed by atoms with Crippen LogP contribution in [0, 0.1) is 5.82 Å². The molecule has 1 fully saturated rings. The van der Waals surface area contributed by atoms with E-state index in [0.29, 0.717) is 31.4 Å². The summed E-state index contributed by atoms with van der Waals surface area (Å²) in [6.07, 6.45) is 5.53. The molecule has 0 aliphatic carbocycles. The molecule has 2 aromatic rings. The van der Waals surface area contributed by atoms with Gasteiger partial charge in [0.15, 0.2) is 6.61 Å². The van der Waals surface area contributed by atoms with Gasteiger partial charge in [-0.05, 0) is 25.0 Å². The molecule has 6 nitrogen and oxygen atoms in total. The van der Waals surface area contributed by atoms with Crippen LogP contribution in [-0.4, -0.2) is 53.8 Å². The fourth-order valence-corrected chi connectivity index (χ4v) is 3.24. The Hall–Kier alpha value is -2.41. The molecule has 0 unspecified atom stereocenters. The average Bonchev–Trinajstić information content (AvgIpc) is 3.13. The maximum absolute atomic E-state index is 13.1. The normalized spacial score (nSPS) is 15.2. The number of benzene rings is 1. The molecule has 0 bridgehead atoms. The van der Waals surface area contributed by atoms with E-state index in [4.69, 9.17) is 9.47 Å². The van der Waals surface area contributed by atoms with E-state index in [9.17, 15) is 9.18 Å².